The Morgan fingerprint density at radius 3 is 3.07 bits per heavy atom. The van der Waals surface area contributed by atoms with Crippen molar-refractivity contribution in [2.24, 2.45) is 5.92 Å². The molecule has 29 heavy (non-hydrogen) atoms. The summed E-state index contributed by atoms with van der Waals surface area (Å²) in [6.07, 6.45) is 0.980. The Hall–Kier alpha value is -1.94. The molecule has 2 N–H and O–H groups in total. The lowest BCUT2D eigenvalue weighted by atomic mass is 10.1. The number of rotatable bonds is 9. The molecule has 9 heteroatoms. The molecule has 2 saturated heterocycles. The molecule has 1 aromatic carbocycles. The van der Waals surface area contributed by atoms with E-state index in [4.69, 9.17) is 14.3 Å². The molecule has 0 spiro atoms. The minimum atomic E-state index is -0.432. The average molecular weight is 410 g/mol. The molecule has 2 aliphatic heterocycles. The summed E-state index contributed by atoms with van der Waals surface area (Å²) in [6.45, 7) is 6.62. The van der Waals surface area contributed by atoms with Crippen molar-refractivity contribution in [2.45, 2.75) is 19.4 Å². The van der Waals surface area contributed by atoms with Crippen LogP contribution in [0, 0.1) is 11.7 Å². The van der Waals surface area contributed by atoms with Crippen LogP contribution in [-0.4, -0.2) is 76.6 Å². The Balaban J connectivity index is 1.46. The summed E-state index contributed by atoms with van der Waals surface area (Å²) in [5.74, 6) is 0.357. The predicted molar refractivity (Wildman–Crippen MR) is 107 cm³/mol. The van der Waals surface area contributed by atoms with Crippen LogP contribution in [0.2, 0.25) is 0 Å². The van der Waals surface area contributed by atoms with Crippen LogP contribution in [0.1, 0.15) is 13.3 Å². The molecule has 0 aliphatic carbocycles. The van der Waals surface area contributed by atoms with Gasteiger partial charge in [0.2, 0.25) is 5.91 Å². The number of hydroxylamine groups is 1. The summed E-state index contributed by atoms with van der Waals surface area (Å²) >= 11 is 0. The van der Waals surface area contributed by atoms with Crippen molar-refractivity contribution in [3.8, 4) is 5.75 Å². The van der Waals surface area contributed by atoms with Crippen LogP contribution in [0.3, 0.4) is 0 Å². The van der Waals surface area contributed by atoms with Crippen LogP contribution in [0.5, 0.6) is 5.75 Å². The zero-order valence-corrected chi connectivity index (χ0v) is 17.2. The maximum absolute atomic E-state index is 14.5. The lowest BCUT2D eigenvalue weighted by Gasteiger charge is -2.33. The lowest BCUT2D eigenvalue weighted by molar-refractivity contribution is -0.142. The van der Waals surface area contributed by atoms with Crippen LogP contribution in [0.4, 0.5) is 10.1 Å². The second-order valence-electron chi connectivity index (χ2n) is 7.62. The van der Waals surface area contributed by atoms with E-state index in [1.54, 1.807) is 17.2 Å². The molecule has 8 nitrogen and oxygen atoms in total. The first-order valence-electron chi connectivity index (χ1n) is 10.1. The molecule has 1 amide bonds. The second-order valence-corrected chi connectivity index (χ2v) is 7.62. The quantitative estimate of drug-likeness (QED) is 0.629. The van der Waals surface area contributed by atoms with Crippen molar-refractivity contribution >= 4 is 11.6 Å². The van der Waals surface area contributed by atoms with Crippen LogP contribution < -0.4 is 20.4 Å². The number of anilines is 1. The molecule has 0 radical (unpaired) electrons. The maximum Gasteiger partial charge on any atom is 0.216 e. The first-order chi connectivity index (χ1) is 14.0. The third-order valence-corrected chi connectivity index (χ3v) is 5.13. The van der Waals surface area contributed by atoms with Crippen molar-refractivity contribution in [1.82, 2.24) is 15.5 Å². The Morgan fingerprint density at radius 2 is 2.34 bits per heavy atom. The molecule has 1 aromatic rings. The number of ether oxygens (including phenoxy) is 2. The number of nitrogens with one attached hydrogen (secondary N) is 2. The van der Waals surface area contributed by atoms with E-state index in [9.17, 15) is 9.18 Å². The van der Waals surface area contributed by atoms with Crippen molar-refractivity contribution in [1.29, 1.82) is 0 Å². The van der Waals surface area contributed by atoms with Crippen LogP contribution in [0.15, 0.2) is 18.2 Å². The third kappa shape index (κ3) is 6.81. The molecule has 162 valence electrons. The molecule has 0 bridgehead atoms. The van der Waals surface area contributed by atoms with Crippen molar-refractivity contribution < 1.29 is 23.5 Å². The number of amides is 1. The Labute approximate surface area is 171 Å². The fraction of sp³-hybridized carbons (Fsp3) is 0.650. The number of halogens is 1. The van der Waals surface area contributed by atoms with Crippen molar-refractivity contribution in [3.05, 3.63) is 24.0 Å². The van der Waals surface area contributed by atoms with Gasteiger partial charge in [-0.15, -0.1) is 0 Å². The normalized spacial score (nSPS) is 22.1. The monoisotopic (exact) mass is 410 g/mol. The molecule has 0 unspecified atom stereocenters. The lowest BCUT2D eigenvalue weighted by Crippen LogP contribution is -2.46. The Bertz CT molecular complexity index is 672. The van der Waals surface area contributed by atoms with Gasteiger partial charge in [0.05, 0.1) is 18.3 Å². The highest BCUT2D eigenvalue weighted by Crippen LogP contribution is 2.25. The number of benzene rings is 1. The fourth-order valence-corrected chi connectivity index (χ4v) is 3.52. The molecule has 3 rings (SSSR count). The van der Waals surface area contributed by atoms with E-state index in [1.165, 1.54) is 19.4 Å². The standard InChI is InChI=1S/C20H31FN4O4/c1-15(26)23-11-18-13-25(29-14-28-18)17-3-4-20(19(21)9-17)27-8-7-24(2)12-16-5-6-22-10-16/h3-4,9,16,18,22H,5-8,10-14H2,1-2H3,(H,23,26)/t16-,18-/m0/s1. The van der Waals surface area contributed by atoms with Gasteiger partial charge in [-0.3, -0.25) is 4.79 Å². The molecule has 2 heterocycles. The first kappa shape index (κ1) is 21.8. The van der Waals surface area contributed by atoms with Crippen molar-refractivity contribution in [3.63, 3.8) is 0 Å². The molecule has 2 atom stereocenters. The van der Waals surface area contributed by atoms with Crippen LogP contribution in [-0.2, 0) is 14.4 Å². The predicted octanol–water partition coefficient (Wildman–Crippen LogP) is 0.976. The summed E-state index contributed by atoms with van der Waals surface area (Å²) in [5, 5.41) is 7.66. The Kier molecular flexibility index (Phi) is 8.05. The highest BCUT2D eigenvalue weighted by molar-refractivity contribution is 5.72. The van der Waals surface area contributed by atoms with E-state index >= 15 is 0 Å². The average Bonchev–Trinajstić information content (AvgIpc) is 3.20. The smallest absolute Gasteiger partial charge is 0.216 e. The Morgan fingerprint density at radius 1 is 1.48 bits per heavy atom. The number of nitrogens with zero attached hydrogens (tertiary/aromatic N) is 2. The molecule has 2 fully saturated rings. The van der Waals surface area contributed by atoms with Gasteiger partial charge in [-0.25, -0.2) is 14.3 Å². The van der Waals surface area contributed by atoms with E-state index in [0.29, 0.717) is 31.3 Å². The topological polar surface area (TPSA) is 75.3 Å². The summed E-state index contributed by atoms with van der Waals surface area (Å²) in [5.41, 5.74) is 0.580. The van der Waals surface area contributed by atoms with Gasteiger partial charge in [0.25, 0.3) is 0 Å². The molecule has 2 aliphatic rings. The van der Waals surface area contributed by atoms with E-state index in [0.717, 1.165) is 26.2 Å². The minimum absolute atomic E-state index is 0.0486. The molecule has 0 saturated carbocycles. The summed E-state index contributed by atoms with van der Waals surface area (Å²) < 4.78 is 25.6. The van der Waals surface area contributed by atoms with E-state index in [1.807, 2.05) is 0 Å². The van der Waals surface area contributed by atoms with Gasteiger partial charge >= 0.3 is 0 Å². The third-order valence-electron chi connectivity index (χ3n) is 5.13. The highest BCUT2D eigenvalue weighted by atomic mass is 19.1. The summed E-state index contributed by atoms with van der Waals surface area (Å²) in [4.78, 5) is 18.7. The molecule has 0 aromatic heterocycles. The molecular weight excluding hydrogens is 379 g/mol. The SMILES string of the molecule is CC(=O)NC[C@H]1CN(c2ccc(OCCN(C)C[C@H]3CCNC3)c(F)c2)OCO1. The van der Waals surface area contributed by atoms with Gasteiger partial charge in [0.1, 0.15) is 6.61 Å². The number of hydrogen-bond donors (Lipinski definition) is 2. The van der Waals surface area contributed by atoms with Crippen molar-refractivity contribution in [2.75, 3.05) is 64.8 Å². The van der Waals surface area contributed by atoms with Crippen LogP contribution >= 0.6 is 0 Å². The van der Waals surface area contributed by atoms with E-state index in [-0.39, 0.29) is 24.6 Å². The summed E-state index contributed by atoms with van der Waals surface area (Å²) in [7, 11) is 2.06. The molecular formula is C20H31FN4O4. The van der Waals surface area contributed by atoms with Gasteiger partial charge in [0, 0.05) is 32.6 Å². The fourth-order valence-electron chi connectivity index (χ4n) is 3.52. The number of hydrogen-bond acceptors (Lipinski definition) is 7. The first-order valence-corrected chi connectivity index (χ1v) is 10.1. The van der Waals surface area contributed by atoms with Gasteiger partial charge in [-0.05, 0) is 44.6 Å². The highest BCUT2D eigenvalue weighted by Gasteiger charge is 2.23. The number of carbonyl (C=O) groups is 1. The largest absolute Gasteiger partial charge is 0.489 e. The maximum atomic E-state index is 14.5. The zero-order valence-electron chi connectivity index (χ0n) is 17.2. The number of likely N-dealkylation sites (N-methyl/N-ethyl adjacent to an activating group) is 1. The number of carbonyl (C=O) groups excluding carboxylic acids is 1. The zero-order chi connectivity index (χ0) is 20.6. The van der Waals surface area contributed by atoms with E-state index < -0.39 is 5.82 Å². The second kappa shape index (κ2) is 10.7. The van der Waals surface area contributed by atoms with Gasteiger partial charge in [-0.2, -0.15) is 0 Å². The summed E-state index contributed by atoms with van der Waals surface area (Å²) in [6, 6.07) is 4.77. The van der Waals surface area contributed by atoms with Crippen LogP contribution in [0.25, 0.3) is 0 Å². The van der Waals surface area contributed by atoms with Gasteiger partial charge < -0.3 is 25.0 Å². The van der Waals surface area contributed by atoms with E-state index in [2.05, 4.69) is 22.6 Å². The minimum Gasteiger partial charge on any atom is -0.489 e. The van der Waals surface area contributed by atoms with Gasteiger partial charge in [-0.1, -0.05) is 0 Å². The van der Waals surface area contributed by atoms with Gasteiger partial charge in [0.15, 0.2) is 18.4 Å².